The first-order chi connectivity index (χ1) is 14.0. The van der Waals surface area contributed by atoms with Gasteiger partial charge in [0.25, 0.3) is 5.56 Å². The molecule has 144 valence electrons. The molecule has 0 saturated heterocycles. The van der Waals surface area contributed by atoms with Gasteiger partial charge in [-0.1, -0.05) is 41.9 Å². The van der Waals surface area contributed by atoms with E-state index in [1.807, 2.05) is 13.0 Å². The van der Waals surface area contributed by atoms with E-state index >= 15 is 0 Å². The van der Waals surface area contributed by atoms with Crippen molar-refractivity contribution in [3.63, 3.8) is 0 Å². The first-order valence-electron chi connectivity index (χ1n) is 8.92. The van der Waals surface area contributed by atoms with Crippen LogP contribution >= 0.6 is 11.6 Å². The lowest BCUT2D eigenvalue weighted by Crippen LogP contribution is -2.20. The minimum Gasteiger partial charge on any atom is -0.506 e. The average molecular weight is 405 g/mol. The van der Waals surface area contributed by atoms with Gasteiger partial charge < -0.3 is 10.2 Å². The van der Waals surface area contributed by atoms with Gasteiger partial charge in [-0.2, -0.15) is 0 Å². The number of hydrogen-bond acceptors (Lipinski definition) is 4. The molecule has 0 atom stereocenters. The maximum Gasteiger partial charge on any atom is 0.265 e. The van der Waals surface area contributed by atoms with Gasteiger partial charge in [-0.15, -0.1) is 0 Å². The summed E-state index contributed by atoms with van der Waals surface area (Å²) >= 11 is 6.08. The Kier molecular flexibility index (Phi) is 4.82. The van der Waals surface area contributed by atoms with E-state index in [0.717, 1.165) is 5.56 Å². The highest BCUT2D eigenvalue weighted by Crippen LogP contribution is 2.30. The van der Waals surface area contributed by atoms with E-state index in [0.29, 0.717) is 32.7 Å². The van der Waals surface area contributed by atoms with Crippen LogP contribution in [0.1, 0.15) is 11.1 Å². The summed E-state index contributed by atoms with van der Waals surface area (Å²) in [4.78, 5) is 17.4. The van der Waals surface area contributed by atoms with Crippen molar-refractivity contribution in [2.45, 2.75) is 6.92 Å². The van der Waals surface area contributed by atoms with Crippen LogP contribution < -0.4 is 5.56 Å². The molecule has 0 bridgehead atoms. The number of phenolic OH excluding ortho intramolecular Hbond substituents is 1. The van der Waals surface area contributed by atoms with E-state index in [9.17, 15) is 15.0 Å². The van der Waals surface area contributed by atoms with Crippen molar-refractivity contribution >= 4 is 34.3 Å². The first kappa shape index (κ1) is 18.8. The van der Waals surface area contributed by atoms with E-state index in [1.165, 1.54) is 10.8 Å². The molecule has 0 amide bonds. The molecule has 2 N–H and O–H groups in total. The average Bonchev–Trinajstić information content (AvgIpc) is 2.69. The van der Waals surface area contributed by atoms with Crippen LogP contribution in [0, 0.1) is 6.92 Å². The largest absolute Gasteiger partial charge is 0.506 e. The van der Waals surface area contributed by atoms with Crippen molar-refractivity contribution in [1.29, 1.82) is 0 Å². The number of hydrogen-bond donors (Lipinski definition) is 2. The number of aromatic nitrogens is 1. The monoisotopic (exact) mass is 404 g/mol. The molecular formula is C23H17ClN2O3. The summed E-state index contributed by atoms with van der Waals surface area (Å²) in [5, 5.41) is 22.5. The zero-order valence-corrected chi connectivity index (χ0v) is 16.3. The summed E-state index contributed by atoms with van der Waals surface area (Å²) in [5.41, 5.74) is 1.71. The Morgan fingerprint density at radius 2 is 1.72 bits per heavy atom. The van der Waals surface area contributed by atoms with Gasteiger partial charge in [-0.25, -0.2) is 4.57 Å². The third-order valence-corrected chi connectivity index (χ3v) is 4.87. The van der Waals surface area contributed by atoms with Gasteiger partial charge in [-0.3, -0.25) is 9.79 Å². The molecular weight excluding hydrogens is 388 g/mol. The third kappa shape index (κ3) is 3.48. The van der Waals surface area contributed by atoms with Crippen LogP contribution in [0.4, 0.5) is 5.69 Å². The second-order valence-electron chi connectivity index (χ2n) is 6.65. The highest BCUT2D eigenvalue weighted by molar-refractivity contribution is 6.30. The van der Waals surface area contributed by atoms with Crippen molar-refractivity contribution in [2.75, 3.05) is 0 Å². The van der Waals surface area contributed by atoms with E-state index in [4.69, 9.17) is 11.6 Å². The van der Waals surface area contributed by atoms with Gasteiger partial charge in [0.05, 0.1) is 11.3 Å². The minimum absolute atomic E-state index is 0.0354. The zero-order valence-electron chi connectivity index (χ0n) is 15.5. The fourth-order valence-corrected chi connectivity index (χ4v) is 3.41. The van der Waals surface area contributed by atoms with Crippen LogP contribution in [0.15, 0.2) is 76.5 Å². The van der Waals surface area contributed by atoms with Gasteiger partial charge in [0, 0.05) is 22.0 Å². The van der Waals surface area contributed by atoms with E-state index in [2.05, 4.69) is 4.99 Å². The fraction of sp³-hybridized carbons (Fsp3) is 0.0435. The molecule has 5 nitrogen and oxygen atoms in total. The molecule has 0 fully saturated rings. The number of fused-ring (bicyclic) bond motifs is 1. The summed E-state index contributed by atoms with van der Waals surface area (Å²) in [6, 6.07) is 18.8. The fourth-order valence-electron chi connectivity index (χ4n) is 3.22. The Labute approximate surface area is 171 Å². The summed E-state index contributed by atoms with van der Waals surface area (Å²) in [5.74, 6) is -0.223. The molecule has 3 aromatic carbocycles. The molecule has 0 aliphatic rings. The molecule has 1 aromatic heterocycles. The molecule has 0 spiro atoms. The third-order valence-electron chi connectivity index (χ3n) is 4.63. The van der Waals surface area contributed by atoms with Gasteiger partial charge in [0.1, 0.15) is 11.4 Å². The van der Waals surface area contributed by atoms with Crippen molar-refractivity contribution in [3.05, 3.63) is 93.2 Å². The van der Waals surface area contributed by atoms with Crippen LogP contribution in [0.5, 0.6) is 11.6 Å². The standard InChI is InChI=1S/C23H17ClN2O3/c1-14-9-10-20(21(27)11-14)25-13-19-17-7-2-3-8-18(17)22(28)26(23(19)29)16-6-4-5-15(24)12-16/h2-13,27,29H,1H3. The topological polar surface area (TPSA) is 74.8 Å². The lowest BCUT2D eigenvalue weighted by atomic mass is 10.1. The molecule has 0 aliphatic carbocycles. The van der Waals surface area contributed by atoms with Crippen LogP contribution in [0.2, 0.25) is 5.02 Å². The molecule has 0 saturated carbocycles. The molecule has 1 heterocycles. The number of pyridine rings is 1. The summed E-state index contributed by atoms with van der Waals surface area (Å²) < 4.78 is 1.20. The molecule has 6 heteroatoms. The van der Waals surface area contributed by atoms with Crippen LogP contribution in [-0.4, -0.2) is 21.0 Å². The predicted molar refractivity (Wildman–Crippen MR) is 116 cm³/mol. The molecule has 0 aliphatic heterocycles. The normalized spacial score (nSPS) is 11.4. The van der Waals surface area contributed by atoms with E-state index in [1.54, 1.807) is 60.7 Å². The summed E-state index contributed by atoms with van der Waals surface area (Å²) in [6.45, 7) is 1.87. The number of aromatic hydroxyl groups is 2. The Hall–Kier alpha value is -3.57. The predicted octanol–water partition coefficient (Wildman–Crippen LogP) is 5.11. The second kappa shape index (κ2) is 7.45. The lowest BCUT2D eigenvalue weighted by molar-refractivity contribution is 0.436. The smallest absolute Gasteiger partial charge is 0.265 e. The zero-order chi connectivity index (χ0) is 20.5. The summed E-state index contributed by atoms with van der Waals surface area (Å²) in [6.07, 6.45) is 1.45. The molecule has 29 heavy (non-hydrogen) atoms. The van der Waals surface area contributed by atoms with Crippen molar-refractivity contribution in [1.82, 2.24) is 4.57 Å². The number of aryl methyl sites for hydroxylation is 1. The maximum absolute atomic E-state index is 13.1. The quantitative estimate of drug-likeness (QED) is 0.466. The van der Waals surface area contributed by atoms with Crippen molar-refractivity contribution < 1.29 is 10.2 Å². The first-order valence-corrected chi connectivity index (χ1v) is 9.30. The van der Waals surface area contributed by atoms with Crippen LogP contribution in [0.3, 0.4) is 0 Å². The van der Waals surface area contributed by atoms with Crippen molar-refractivity contribution in [3.8, 4) is 17.3 Å². The number of aliphatic imine (C=N–C) groups is 1. The number of phenols is 1. The van der Waals surface area contributed by atoms with Gasteiger partial charge in [-0.05, 0) is 48.9 Å². The number of benzene rings is 3. The van der Waals surface area contributed by atoms with Gasteiger partial charge in [0.15, 0.2) is 0 Å². The highest BCUT2D eigenvalue weighted by Gasteiger charge is 2.16. The lowest BCUT2D eigenvalue weighted by Gasteiger charge is -2.14. The number of nitrogens with zero attached hydrogens (tertiary/aromatic N) is 2. The van der Waals surface area contributed by atoms with Gasteiger partial charge >= 0.3 is 0 Å². The molecule has 4 rings (SSSR count). The number of rotatable bonds is 3. The second-order valence-corrected chi connectivity index (χ2v) is 7.09. The van der Waals surface area contributed by atoms with E-state index in [-0.39, 0.29) is 17.2 Å². The Bertz CT molecular complexity index is 1330. The minimum atomic E-state index is -0.365. The Balaban J connectivity index is 1.98. The highest BCUT2D eigenvalue weighted by atomic mass is 35.5. The van der Waals surface area contributed by atoms with E-state index < -0.39 is 0 Å². The molecule has 0 unspecified atom stereocenters. The number of halogens is 1. The summed E-state index contributed by atoms with van der Waals surface area (Å²) in [7, 11) is 0. The Morgan fingerprint density at radius 1 is 0.966 bits per heavy atom. The van der Waals surface area contributed by atoms with Crippen molar-refractivity contribution in [2.24, 2.45) is 4.99 Å². The SMILES string of the molecule is Cc1ccc(N=Cc2c(O)n(-c3cccc(Cl)c3)c(=O)c3ccccc23)c(O)c1. The maximum atomic E-state index is 13.1. The molecule has 0 radical (unpaired) electrons. The molecule has 4 aromatic rings. The van der Waals surface area contributed by atoms with Crippen LogP contribution in [-0.2, 0) is 0 Å². The Morgan fingerprint density at radius 3 is 2.45 bits per heavy atom. The van der Waals surface area contributed by atoms with Gasteiger partial charge in [0.2, 0.25) is 5.88 Å². The van der Waals surface area contributed by atoms with Crippen LogP contribution in [0.25, 0.3) is 16.5 Å².